The van der Waals surface area contributed by atoms with Crippen molar-refractivity contribution < 1.29 is 4.39 Å². The highest BCUT2D eigenvalue weighted by Gasteiger charge is 2.18. The summed E-state index contributed by atoms with van der Waals surface area (Å²) in [5.41, 5.74) is 8.35. The molecule has 2 N–H and O–H groups in total. The molecule has 0 amide bonds. The van der Waals surface area contributed by atoms with Gasteiger partial charge in [-0.1, -0.05) is 22.0 Å². The highest BCUT2D eigenvalue weighted by Crippen LogP contribution is 2.38. The third kappa shape index (κ3) is 2.25. The van der Waals surface area contributed by atoms with E-state index < -0.39 is 0 Å². The van der Waals surface area contributed by atoms with Crippen LogP contribution in [0.15, 0.2) is 40.2 Å². The quantitative estimate of drug-likeness (QED) is 0.747. The lowest BCUT2D eigenvalue weighted by molar-refractivity contribution is 0.627. The van der Waals surface area contributed by atoms with Crippen LogP contribution in [-0.2, 0) is 7.05 Å². The fourth-order valence-corrected chi connectivity index (χ4v) is 3.34. The van der Waals surface area contributed by atoms with Crippen molar-refractivity contribution in [2.24, 2.45) is 7.05 Å². The Hall–Kier alpha value is -1.66. The summed E-state index contributed by atoms with van der Waals surface area (Å²) in [4.78, 5) is 1.02. The maximum absolute atomic E-state index is 13.6. The molecule has 2 aromatic heterocycles. The van der Waals surface area contributed by atoms with Gasteiger partial charge in [0.1, 0.15) is 17.3 Å². The van der Waals surface area contributed by atoms with E-state index in [9.17, 15) is 4.39 Å². The first-order chi connectivity index (χ1) is 9.56. The molecule has 3 nitrogen and oxygen atoms in total. The number of hydrogen-bond donors (Lipinski definition) is 1. The smallest absolute Gasteiger partial charge is 0.130 e. The minimum atomic E-state index is -0.310. The number of nitrogen functional groups attached to an aromatic ring is 1. The first kappa shape index (κ1) is 13.3. The molecule has 0 aliphatic heterocycles. The molecule has 0 radical (unpaired) electrons. The van der Waals surface area contributed by atoms with Crippen LogP contribution in [0.1, 0.15) is 0 Å². The molecule has 102 valence electrons. The number of hydrogen-bond acceptors (Lipinski definition) is 3. The molecule has 20 heavy (non-hydrogen) atoms. The summed E-state index contributed by atoms with van der Waals surface area (Å²) >= 11 is 4.89. The Kier molecular flexibility index (Phi) is 3.35. The molecular weight excluding hydrogens is 341 g/mol. The lowest BCUT2D eigenvalue weighted by Gasteiger charge is -2.03. The van der Waals surface area contributed by atoms with Crippen molar-refractivity contribution in [3.05, 3.63) is 46.0 Å². The lowest BCUT2D eigenvalue weighted by Crippen LogP contribution is -1.97. The molecule has 2 heterocycles. The van der Waals surface area contributed by atoms with E-state index in [4.69, 9.17) is 5.73 Å². The number of halogens is 2. The van der Waals surface area contributed by atoms with Crippen LogP contribution in [0, 0.1) is 5.82 Å². The van der Waals surface area contributed by atoms with E-state index >= 15 is 0 Å². The molecule has 6 heteroatoms. The SMILES string of the molecule is Cn1nc(-c2cc(F)cc(Br)c2)c(-c2cccs2)c1N. The lowest BCUT2D eigenvalue weighted by atomic mass is 10.1. The summed E-state index contributed by atoms with van der Waals surface area (Å²) in [6, 6.07) is 8.65. The monoisotopic (exact) mass is 351 g/mol. The molecular formula is C14H11BrFN3S. The largest absolute Gasteiger partial charge is 0.383 e. The van der Waals surface area contributed by atoms with Gasteiger partial charge in [-0.2, -0.15) is 5.10 Å². The van der Waals surface area contributed by atoms with Gasteiger partial charge in [-0.05, 0) is 29.6 Å². The second-order valence-electron chi connectivity index (χ2n) is 4.37. The Balaban J connectivity index is 2.26. The molecule has 3 aromatic rings. The Morgan fingerprint density at radius 2 is 2.15 bits per heavy atom. The van der Waals surface area contributed by atoms with Gasteiger partial charge in [-0.15, -0.1) is 11.3 Å². The van der Waals surface area contributed by atoms with Gasteiger partial charge < -0.3 is 5.73 Å². The van der Waals surface area contributed by atoms with Crippen molar-refractivity contribution >= 4 is 33.1 Å². The maximum Gasteiger partial charge on any atom is 0.130 e. The molecule has 0 atom stereocenters. The van der Waals surface area contributed by atoms with Crippen molar-refractivity contribution in [1.82, 2.24) is 9.78 Å². The highest BCUT2D eigenvalue weighted by atomic mass is 79.9. The molecule has 0 saturated heterocycles. The van der Waals surface area contributed by atoms with E-state index in [1.807, 2.05) is 23.6 Å². The first-order valence-electron chi connectivity index (χ1n) is 5.89. The molecule has 0 bridgehead atoms. The van der Waals surface area contributed by atoms with E-state index in [-0.39, 0.29) is 5.82 Å². The minimum absolute atomic E-state index is 0.310. The van der Waals surface area contributed by atoms with Gasteiger partial charge in [0.2, 0.25) is 0 Å². The van der Waals surface area contributed by atoms with Gasteiger partial charge in [0.15, 0.2) is 0 Å². The molecule has 0 aliphatic carbocycles. The molecule has 0 aliphatic rings. The van der Waals surface area contributed by atoms with E-state index in [1.54, 1.807) is 23.1 Å². The van der Waals surface area contributed by atoms with Crippen LogP contribution in [0.5, 0.6) is 0 Å². The number of benzene rings is 1. The van der Waals surface area contributed by atoms with Crippen LogP contribution >= 0.6 is 27.3 Å². The molecule has 0 spiro atoms. The number of aryl methyl sites for hydroxylation is 1. The van der Waals surface area contributed by atoms with Gasteiger partial charge in [0.25, 0.3) is 0 Å². The third-order valence-corrected chi connectivity index (χ3v) is 4.34. The molecule has 3 rings (SSSR count). The van der Waals surface area contributed by atoms with E-state index in [0.29, 0.717) is 21.5 Å². The summed E-state index contributed by atoms with van der Waals surface area (Å²) in [5, 5.41) is 6.41. The summed E-state index contributed by atoms with van der Waals surface area (Å²) in [6.45, 7) is 0. The standard InChI is InChI=1S/C14H11BrFN3S/c1-19-14(17)12(11-3-2-4-20-11)13(18-19)8-5-9(15)7-10(16)6-8/h2-7H,17H2,1H3. The number of aromatic nitrogens is 2. The Morgan fingerprint density at radius 1 is 1.35 bits per heavy atom. The Labute approximate surface area is 128 Å². The number of rotatable bonds is 2. The van der Waals surface area contributed by atoms with Crippen LogP contribution in [-0.4, -0.2) is 9.78 Å². The van der Waals surface area contributed by atoms with Crippen LogP contribution < -0.4 is 5.73 Å². The fourth-order valence-electron chi connectivity index (χ4n) is 2.09. The second-order valence-corrected chi connectivity index (χ2v) is 6.23. The second kappa shape index (κ2) is 5.03. The minimum Gasteiger partial charge on any atom is -0.383 e. The zero-order valence-electron chi connectivity index (χ0n) is 10.6. The van der Waals surface area contributed by atoms with Crippen molar-refractivity contribution in [1.29, 1.82) is 0 Å². The van der Waals surface area contributed by atoms with Gasteiger partial charge in [0, 0.05) is 22.0 Å². The molecule has 1 aromatic carbocycles. The number of nitrogens with zero attached hydrogens (tertiary/aromatic N) is 2. The van der Waals surface area contributed by atoms with Gasteiger partial charge in [-0.3, -0.25) is 4.68 Å². The molecule has 0 saturated carbocycles. The Bertz CT molecular complexity index is 745. The zero-order chi connectivity index (χ0) is 14.3. The van der Waals surface area contributed by atoms with Crippen LogP contribution in [0.25, 0.3) is 21.7 Å². The normalized spacial score (nSPS) is 10.9. The Morgan fingerprint density at radius 3 is 2.80 bits per heavy atom. The van der Waals surface area contributed by atoms with Crippen molar-refractivity contribution in [2.75, 3.05) is 5.73 Å². The van der Waals surface area contributed by atoms with Gasteiger partial charge >= 0.3 is 0 Å². The summed E-state index contributed by atoms with van der Waals surface area (Å²) in [6.07, 6.45) is 0. The van der Waals surface area contributed by atoms with E-state index in [2.05, 4.69) is 21.0 Å². The summed E-state index contributed by atoms with van der Waals surface area (Å²) in [5.74, 6) is 0.263. The topological polar surface area (TPSA) is 43.8 Å². The van der Waals surface area contributed by atoms with Gasteiger partial charge in [-0.25, -0.2) is 4.39 Å². The van der Waals surface area contributed by atoms with E-state index in [0.717, 1.165) is 10.4 Å². The van der Waals surface area contributed by atoms with Crippen LogP contribution in [0.3, 0.4) is 0 Å². The summed E-state index contributed by atoms with van der Waals surface area (Å²) in [7, 11) is 1.78. The van der Waals surface area contributed by atoms with Crippen molar-refractivity contribution in [3.8, 4) is 21.7 Å². The number of anilines is 1. The number of nitrogens with two attached hydrogens (primary N) is 1. The first-order valence-corrected chi connectivity index (χ1v) is 7.56. The van der Waals surface area contributed by atoms with E-state index in [1.165, 1.54) is 12.1 Å². The average molecular weight is 352 g/mol. The highest BCUT2D eigenvalue weighted by molar-refractivity contribution is 9.10. The molecule has 0 unspecified atom stereocenters. The third-order valence-electron chi connectivity index (χ3n) is 3.00. The van der Waals surface area contributed by atoms with Crippen molar-refractivity contribution in [3.63, 3.8) is 0 Å². The predicted octanol–water partition coefficient (Wildman–Crippen LogP) is 4.30. The van der Waals surface area contributed by atoms with Crippen LogP contribution in [0.4, 0.5) is 10.2 Å². The van der Waals surface area contributed by atoms with Crippen molar-refractivity contribution in [2.45, 2.75) is 0 Å². The zero-order valence-corrected chi connectivity index (χ0v) is 13.0. The fraction of sp³-hybridized carbons (Fsp3) is 0.0714. The predicted molar refractivity (Wildman–Crippen MR) is 84.0 cm³/mol. The summed E-state index contributed by atoms with van der Waals surface area (Å²) < 4.78 is 15.9. The number of thiophene rings is 1. The van der Waals surface area contributed by atoms with Crippen LogP contribution in [0.2, 0.25) is 0 Å². The maximum atomic E-state index is 13.6. The van der Waals surface area contributed by atoms with Gasteiger partial charge in [0.05, 0.1) is 5.56 Å². The molecule has 0 fully saturated rings. The average Bonchev–Trinajstić information content (AvgIpc) is 2.98.